The van der Waals surface area contributed by atoms with E-state index in [1.807, 2.05) is 19.1 Å². The number of hydrogen-bond donors (Lipinski definition) is 2. The Morgan fingerprint density at radius 3 is 2.76 bits per heavy atom. The molecule has 2 nitrogen and oxygen atoms in total. The van der Waals surface area contributed by atoms with Gasteiger partial charge in [0, 0.05) is 11.1 Å². The van der Waals surface area contributed by atoms with Crippen molar-refractivity contribution in [3.8, 4) is 5.75 Å². The minimum Gasteiger partial charge on any atom is -0.507 e. The number of nitrogens with one attached hydrogen (secondary N) is 1. The molecule has 0 aromatic heterocycles. The highest BCUT2D eigenvalue weighted by Gasteiger charge is 2.16. The molecule has 0 bridgehead atoms. The fourth-order valence-electron chi connectivity index (χ4n) is 2.51. The highest BCUT2D eigenvalue weighted by Crippen LogP contribution is 2.29. The first-order valence-corrected chi connectivity index (χ1v) is 6.82. The molecule has 94 valence electrons. The van der Waals surface area contributed by atoms with E-state index in [9.17, 15) is 5.11 Å². The number of rotatable bonds is 3. The van der Waals surface area contributed by atoms with Crippen LogP contribution in [0.4, 0.5) is 0 Å². The van der Waals surface area contributed by atoms with Crippen molar-refractivity contribution in [3.63, 3.8) is 0 Å². The molecule has 1 atom stereocenters. The van der Waals surface area contributed by atoms with Crippen LogP contribution in [0, 0.1) is 0 Å². The predicted octanol–water partition coefficient (Wildman–Crippen LogP) is 3.29. The molecule has 1 aliphatic rings. The fourth-order valence-corrected chi connectivity index (χ4v) is 2.77. The van der Waals surface area contributed by atoms with Gasteiger partial charge in [-0.25, -0.2) is 0 Å². The van der Waals surface area contributed by atoms with E-state index in [2.05, 4.69) is 5.32 Å². The molecule has 17 heavy (non-hydrogen) atoms. The molecule has 1 aromatic carbocycles. The average Bonchev–Trinajstić information content (AvgIpc) is 2.34. The summed E-state index contributed by atoms with van der Waals surface area (Å²) in [4.78, 5) is 0. The van der Waals surface area contributed by atoms with Gasteiger partial charge in [0.1, 0.15) is 5.75 Å². The molecule has 0 saturated carbocycles. The van der Waals surface area contributed by atoms with Gasteiger partial charge in [-0.2, -0.15) is 0 Å². The van der Waals surface area contributed by atoms with Crippen molar-refractivity contribution in [1.82, 2.24) is 5.32 Å². The largest absolute Gasteiger partial charge is 0.507 e. The van der Waals surface area contributed by atoms with Crippen molar-refractivity contribution in [2.24, 2.45) is 0 Å². The molecule has 0 aliphatic carbocycles. The molecule has 1 unspecified atom stereocenters. The van der Waals surface area contributed by atoms with Gasteiger partial charge in [0.2, 0.25) is 0 Å². The molecule has 1 aliphatic heterocycles. The van der Waals surface area contributed by atoms with E-state index in [0.717, 1.165) is 35.5 Å². The van der Waals surface area contributed by atoms with Gasteiger partial charge in [-0.05, 0) is 55.5 Å². The molecule has 1 heterocycles. The lowest BCUT2D eigenvalue weighted by molar-refractivity contribution is 0.391. The zero-order valence-corrected chi connectivity index (χ0v) is 11.1. The third kappa shape index (κ3) is 3.14. The Morgan fingerprint density at radius 2 is 2.12 bits per heavy atom. The Kier molecular flexibility index (Phi) is 4.30. The smallest absolute Gasteiger partial charge is 0.122 e. The Bertz CT molecular complexity index is 386. The van der Waals surface area contributed by atoms with Gasteiger partial charge in [-0.3, -0.25) is 0 Å². The van der Waals surface area contributed by atoms with Crippen LogP contribution in [0.15, 0.2) is 12.1 Å². The fraction of sp³-hybridized carbons (Fsp3) is 0.571. The van der Waals surface area contributed by atoms with Crippen molar-refractivity contribution in [3.05, 3.63) is 28.3 Å². The van der Waals surface area contributed by atoms with Crippen LogP contribution in [0.1, 0.15) is 37.3 Å². The zero-order chi connectivity index (χ0) is 12.3. The Hall–Kier alpha value is -0.730. The maximum atomic E-state index is 10.2. The predicted molar refractivity (Wildman–Crippen MR) is 71.8 cm³/mol. The zero-order valence-electron chi connectivity index (χ0n) is 10.3. The van der Waals surface area contributed by atoms with E-state index in [1.54, 1.807) is 0 Å². The van der Waals surface area contributed by atoms with Crippen molar-refractivity contribution in [1.29, 1.82) is 0 Å². The number of aromatic hydroxyl groups is 1. The minimum absolute atomic E-state index is 0.435. The van der Waals surface area contributed by atoms with Crippen LogP contribution in [0.5, 0.6) is 5.75 Å². The van der Waals surface area contributed by atoms with Gasteiger partial charge in [0.15, 0.2) is 0 Å². The Labute approximate surface area is 108 Å². The topological polar surface area (TPSA) is 32.3 Å². The average molecular weight is 254 g/mol. The second-order valence-corrected chi connectivity index (χ2v) is 5.21. The summed E-state index contributed by atoms with van der Waals surface area (Å²) in [6.45, 7) is 3.13. The van der Waals surface area contributed by atoms with Crippen molar-refractivity contribution in [2.75, 3.05) is 6.54 Å². The maximum absolute atomic E-state index is 10.2. The van der Waals surface area contributed by atoms with Gasteiger partial charge >= 0.3 is 0 Å². The molecule has 0 radical (unpaired) electrons. The van der Waals surface area contributed by atoms with E-state index in [-0.39, 0.29) is 0 Å². The summed E-state index contributed by atoms with van der Waals surface area (Å²) in [6.07, 6.45) is 5.42. The van der Waals surface area contributed by atoms with Crippen molar-refractivity contribution < 1.29 is 5.11 Å². The molecule has 2 N–H and O–H groups in total. The van der Waals surface area contributed by atoms with E-state index in [4.69, 9.17) is 11.6 Å². The number of hydrogen-bond acceptors (Lipinski definition) is 2. The maximum Gasteiger partial charge on any atom is 0.122 e. The molecule has 0 spiro atoms. The summed E-state index contributed by atoms with van der Waals surface area (Å²) in [6, 6.07) is 4.24. The summed E-state index contributed by atoms with van der Waals surface area (Å²) >= 11 is 6.09. The molecule has 1 fully saturated rings. The molecular formula is C14H20ClNO. The number of phenolic OH excluding ortho intramolecular Hbond substituents is 1. The number of halogens is 1. The molecular weight excluding hydrogens is 234 g/mol. The Morgan fingerprint density at radius 1 is 1.35 bits per heavy atom. The molecule has 3 heteroatoms. The number of benzene rings is 1. The minimum atomic E-state index is 0.435. The normalized spacial score (nSPS) is 20.5. The first-order chi connectivity index (χ1) is 8.20. The quantitative estimate of drug-likeness (QED) is 0.867. The van der Waals surface area contributed by atoms with Crippen molar-refractivity contribution >= 4 is 11.6 Å². The van der Waals surface area contributed by atoms with E-state index in [0.29, 0.717) is 11.8 Å². The summed E-state index contributed by atoms with van der Waals surface area (Å²) in [7, 11) is 0. The monoisotopic (exact) mass is 253 g/mol. The van der Waals surface area contributed by atoms with E-state index < -0.39 is 0 Å². The van der Waals surface area contributed by atoms with Crippen LogP contribution in [0.2, 0.25) is 5.02 Å². The van der Waals surface area contributed by atoms with Gasteiger partial charge in [0.25, 0.3) is 0 Å². The highest BCUT2D eigenvalue weighted by atomic mass is 35.5. The summed E-state index contributed by atoms with van der Waals surface area (Å²) in [5, 5.41) is 14.4. The van der Waals surface area contributed by atoms with Crippen LogP contribution in [-0.4, -0.2) is 17.7 Å². The lowest BCUT2D eigenvalue weighted by Gasteiger charge is -2.24. The summed E-state index contributed by atoms with van der Waals surface area (Å²) in [5.41, 5.74) is 1.93. The van der Waals surface area contributed by atoms with Crippen LogP contribution in [0.25, 0.3) is 0 Å². The second kappa shape index (κ2) is 5.74. The molecule has 1 saturated heterocycles. The number of aryl methyl sites for hydroxylation is 1. The lowest BCUT2D eigenvalue weighted by atomic mass is 9.95. The van der Waals surface area contributed by atoms with Gasteiger partial charge in [-0.15, -0.1) is 0 Å². The highest BCUT2D eigenvalue weighted by molar-refractivity contribution is 6.30. The molecule has 0 amide bonds. The van der Waals surface area contributed by atoms with E-state index in [1.165, 1.54) is 19.3 Å². The third-order valence-electron chi connectivity index (χ3n) is 3.49. The van der Waals surface area contributed by atoms with Crippen LogP contribution in [-0.2, 0) is 12.8 Å². The van der Waals surface area contributed by atoms with Crippen molar-refractivity contribution in [2.45, 2.75) is 45.1 Å². The third-order valence-corrected chi connectivity index (χ3v) is 3.71. The van der Waals surface area contributed by atoms with E-state index >= 15 is 0 Å². The standard InChI is InChI=1S/C14H20ClNO/c1-2-10-7-12(15)8-11(14(10)17)9-13-5-3-4-6-16-13/h7-8,13,16-17H,2-6,9H2,1H3. The molecule has 2 rings (SSSR count). The van der Waals surface area contributed by atoms with Gasteiger partial charge < -0.3 is 10.4 Å². The molecule has 1 aromatic rings. The summed E-state index contributed by atoms with van der Waals surface area (Å²) in [5.74, 6) is 0.435. The first kappa shape index (κ1) is 12.7. The Balaban J connectivity index is 2.16. The van der Waals surface area contributed by atoms with Crippen LogP contribution < -0.4 is 5.32 Å². The summed E-state index contributed by atoms with van der Waals surface area (Å²) < 4.78 is 0. The second-order valence-electron chi connectivity index (χ2n) is 4.78. The van der Waals surface area contributed by atoms with Crippen LogP contribution in [0.3, 0.4) is 0 Å². The van der Waals surface area contributed by atoms with Gasteiger partial charge in [0.05, 0.1) is 0 Å². The number of phenols is 1. The van der Waals surface area contributed by atoms with Gasteiger partial charge in [-0.1, -0.05) is 24.9 Å². The lowest BCUT2D eigenvalue weighted by Crippen LogP contribution is -2.35. The number of piperidine rings is 1. The first-order valence-electron chi connectivity index (χ1n) is 6.44. The van der Waals surface area contributed by atoms with Crippen LogP contribution >= 0.6 is 11.6 Å². The SMILES string of the molecule is CCc1cc(Cl)cc(CC2CCCCN2)c1O.